The first-order valence-electron chi connectivity index (χ1n) is 7.87. The molecular weight excluding hydrogens is 350 g/mol. The molecule has 2 rings (SSSR count). The van der Waals surface area contributed by atoms with E-state index in [1.807, 2.05) is 36.4 Å². The van der Waals surface area contributed by atoms with Gasteiger partial charge in [0.25, 0.3) is 11.6 Å². The van der Waals surface area contributed by atoms with E-state index in [2.05, 4.69) is 21.2 Å². The standard InChI is InChI=1S/C18H17N5O4/c24-17(22-20-11-5-8-14-6-2-1-3-7-14)13-19-18(25)21-15-9-4-10-16(12-15)23(26)27/h1-12H,13H2,(H,22,24)(H2,19,21,25)/b8-5+,20-11+. The van der Waals surface area contributed by atoms with E-state index in [-0.39, 0.29) is 17.9 Å². The quantitative estimate of drug-likeness (QED) is 0.395. The summed E-state index contributed by atoms with van der Waals surface area (Å²) in [5.74, 6) is -0.520. The SMILES string of the molecule is O=C(CNC(=O)Nc1cccc([N+](=O)[O-])c1)N/N=C/C=C/c1ccccc1. The summed E-state index contributed by atoms with van der Waals surface area (Å²) in [5.41, 5.74) is 3.35. The highest BCUT2D eigenvalue weighted by atomic mass is 16.6. The number of hydrazone groups is 1. The first-order valence-corrected chi connectivity index (χ1v) is 7.87. The number of hydrogen-bond donors (Lipinski definition) is 3. The molecule has 138 valence electrons. The summed E-state index contributed by atoms with van der Waals surface area (Å²) < 4.78 is 0. The maximum atomic E-state index is 11.7. The van der Waals surface area contributed by atoms with E-state index in [0.29, 0.717) is 0 Å². The number of nitrogens with one attached hydrogen (secondary N) is 3. The van der Waals surface area contributed by atoms with Crippen molar-refractivity contribution in [2.24, 2.45) is 5.10 Å². The van der Waals surface area contributed by atoms with E-state index in [9.17, 15) is 19.7 Å². The molecule has 0 aliphatic rings. The molecule has 0 aliphatic carbocycles. The van der Waals surface area contributed by atoms with Crippen LogP contribution in [0.3, 0.4) is 0 Å². The Kier molecular flexibility index (Phi) is 7.22. The second-order valence-corrected chi connectivity index (χ2v) is 5.20. The lowest BCUT2D eigenvalue weighted by molar-refractivity contribution is -0.384. The normalized spacial score (nSPS) is 10.7. The van der Waals surface area contributed by atoms with Crippen LogP contribution in [0, 0.1) is 10.1 Å². The van der Waals surface area contributed by atoms with Gasteiger partial charge in [-0.15, -0.1) is 0 Å². The van der Waals surface area contributed by atoms with Crippen LogP contribution in [0.15, 0.2) is 65.8 Å². The maximum absolute atomic E-state index is 11.7. The van der Waals surface area contributed by atoms with Crippen molar-refractivity contribution < 1.29 is 14.5 Å². The van der Waals surface area contributed by atoms with Crippen LogP contribution in [-0.4, -0.2) is 29.6 Å². The molecule has 2 aromatic rings. The second kappa shape index (κ2) is 10.1. The predicted molar refractivity (Wildman–Crippen MR) is 102 cm³/mol. The van der Waals surface area contributed by atoms with E-state index >= 15 is 0 Å². The molecule has 0 bridgehead atoms. The van der Waals surface area contributed by atoms with E-state index in [0.717, 1.165) is 5.56 Å². The van der Waals surface area contributed by atoms with Crippen LogP contribution >= 0.6 is 0 Å². The summed E-state index contributed by atoms with van der Waals surface area (Å²) >= 11 is 0. The van der Waals surface area contributed by atoms with Gasteiger partial charge in [-0.25, -0.2) is 10.2 Å². The lowest BCUT2D eigenvalue weighted by atomic mass is 10.2. The van der Waals surface area contributed by atoms with Crippen LogP contribution < -0.4 is 16.1 Å². The number of rotatable bonds is 7. The van der Waals surface area contributed by atoms with Gasteiger partial charge < -0.3 is 10.6 Å². The number of benzene rings is 2. The van der Waals surface area contributed by atoms with Crippen molar-refractivity contribution in [1.29, 1.82) is 0 Å². The first kappa shape index (κ1) is 19.3. The minimum Gasteiger partial charge on any atom is -0.329 e. The van der Waals surface area contributed by atoms with Gasteiger partial charge in [0, 0.05) is 24.0 Å². The molecule has 3 amide bonds. The number of hydrogen-bond acceptors (Lipinski definition) is 5. The zero-order valence-corrected chi connectivity index (χ0v) is 14.2. The molecule has 2 aromatic carbocycles. The number of urea groups is 1. The van der Waals surface area contributed by atoms with E-state index in [1.54, 1.807) is 6.08 Å². The fraction of sp³-hybridized carbons (Fsp3) is 0.0556. The van der Waals surface area contributed by atoms with Gasteiger partial charge in [0.1, 0.15) is 6.54 Å². The monoisotopic (exact) mass is 367 g/mol. The van der Waals surface area contributed by atoms with E-state index < -0.39 is 16.9 Å². The Balaban J connectivity index is 1.71. The predicted octanol–water partition coefficient (Wildman–Crippen LogP) is 2.53. The Morgan fingerprint density at radius 3 is 2.63 bits per heavy atom. The Labute approximate surface area is 154 Å². The Morgan fingerprint density at radius 2 is 1.89 bits per heavy atom. The molecule has 0 unspecified atom stereocenters. The van der Waals surface area contributed by atoms with Gasteiger partial charge in [0.05, 0.1) is 4.92 Å². The third-order valence-corrected chi connectivity index (χ3v) is 3.16. The third kappa shape index (κ3) is 7.18. The van der Waals surface area contributed by atoms with Crippen LogP contribution in [-0.2, 0) is 4.79 Å². The fourth-order valence-corrected chi connectivity index (χ4v) is 1.94. The Bertz CT molecular complexity index is 865. The maximum Gasteiger partial charge on any atom is 0.319 e. The molecule has 0 radical (unpaired) electrons. The van der Waals surface area contributed by atoms with Gasteiger partial charge in [-0.1, -0.05) is 42.5 Å². The third-order valence-electron chi connectivity index (χ3n) is 3.16. The molecule has 0 saturated carbocycles. The zero-order chi connectivity index (χ0) is 19.5. The fourth-order valence-electron chi connectivity index (χ4n) is 1.94. The van der Waals surface area contributed by atoms with Crippen molar-refractivity contribution in [2.45, 2.75) is 0 Å². The average molecular weight is 367 g/mol. The summed E-state index contributed by atoms with van der Waals surface area (Å²) in [5, 5.41) is 19.1. The lowest BCUT2D eigenvalue weighted by Gasteiger charge is -2.06. The topological polar surface area (TPSA) is 126 Å². The van der Waals surface area contributed by atoms with Crippen molar-refractivity contribution in [2.75, 3.05) is 11.9 Å². The van der Waals surface area contributed by atoms with Crippen LogP contribution in [0.1, 0.15) is 5.56 Å². The summed E-state index contributed by atoms with van der Waals surface area (Å²) in [4.78, 5) is 33.4. The van der Waals surface area contributed by atoms with Crippen LogP contribution in [0.5, 0.6) is 0 Å². The summed E-state index contributed by atoms with van der Waals surface area (Å²) in [6.45, 7) is -0.305. The van der Waals surface area contributed by atoms with Gasteiger partial charge in [-0.05, 0) is 17.7 Å². The number of nitrogens with zero attached hydrogens (tertiary/aromatic N) is 2. The summed E-state index contributed by atoms with van der Waals surface area (Å²) in [6.07, 6.45) is 4.90. The summed E-state index contributed by atoms with van der Waals surface area (Å²) in [7, 11) is 0. The molecule has 0 saturated heterocycles. The number of anilines is 1. The number of nitro groups is 1. The number of non-ortho nitro benzene ring substituents is 1. The number of carbonyl (C=O) groups is 2. The van der Waals surface area contributed by atoms with Crippen molar-refractivity contribution in [3.8, 4) is 0 Å². The smallest absolute Gasteiger partial charge is 0.319 e. The summed E-state index contributed by atoms with van der Waals surface area (Å²) in [6, 6.07) is 14.4. The van der Waals surface area contributed by atoms with Crippen molar-refractivity contribution in [1.82, 2.24) is 10.7 Å². The van der Waals surface area contributed by atoms with Gasteiger partial charge in [0.2, 0.25) is 0 Å². The molecule has 9 nitrogen and oxygen atoms in total. The van der Waals surface area contributed by atoms with E-state index in [4.69, 9.17) is 0 Å². The zero-order valence-electron chi connectivity index (χ0n) is 14.2. The molecule has 9 heteroatoms. The van der Waals surface area contributed by atoms with E-state index in [1.165, 1.54) is 30.5 Å². The molecule has 0 fully saturated rings. The largest absolute Gasteiger partial charge is 0.329 e. The van der Waals surface area contributed by atoms with Gasteiger partial charge >= 0.3 is 6.03 Å². The van der Waals surface area contributed by atoms with Crippen molar-refractivity contribution >= 4 is 35.6 Å². The Morgan fingerprint density at radius 1 is 1.11 bits per heavy atom. The van der Waals surface area contributed by atoms with Crippen LogP contribution in [0.4, 0.5) is 16.2 Å². The van der Waals surface area contributed by atoms with Crippen LogP contribution in [0.25, 0.3) is 6.08 Å². The lowest BCUT2D eigenvalue weighted by Crippen LogP contribution is -2.37. The number of amides is 3. The number of nitro benzene ring substituents is 1. The molecule has 0 aromatic heterocycles. The molecule has 0 spiro atoms. The van der Waals surface area contributed by atoms with Gasteiger partial charge in [-0.2, -0.15) is 5.10 Å². The highest BCUT2D eigenvalue weighted by Gasteiger charge is 2.08. The minimum absolute atomic E-state index is 0.150. The van der Waals surface area contributed by atoms with Crippen molar-refractivity contribution in [3.63, 3.8) is 0 Å². The van der Waals surface area contributed by atoms with Gasteiger partial charge in [-0.3, -0.25) is 14.9 Å². The number of allylic oxidation sites excluding steroid dienone is 1. The molecule has 3 N–H and O–H groups in total. The second-order valence-electron chi connectivity index (χ2n) is 5.20. The highest BCUT2D eigenvalue weighted by molar-refractivity contribution is 5.92. The van der Waals surface area contributed by atoms with Crippen molar-refractivity contribution in [3.05, 3.63) is 76.4 Å². The molecule has 0 heterocycles. The molecular formula is C18H17N5O4. The molecule has 0 aliphatic heterocycles. The molecule has 0 atom stereocenters. The Hall–Kier alpha value is -4.01. The highest BCUT2D eigenvalue weighted by Crippen LogP contribution is 2.16. The first-order chi connectivity index (χ1) is 13.0. The number of carbonyl (C=O) groups excluding carboxylic acids is 2. The average Bonchev–Trinajstić information content (AvgIpc) is 2.67. The van der Waals surface area contributed by atoms with Crippen LogP contribution in [0.2, 0.25) is 0 Å². The minimum atomic E-state index is -0.668. The molecule has 27 heavy (non-hydrogen) atoms. The van der Waals surface area contributed by atoms with Gasteiger partial charge in [0.15, 0.2) is 0 Å².